The highest BCUT2D eigenvalue weighted by Gasteiger charge is 2.28. The van der Waals surface area contributed by atoms with Gasteiger partial charge in [-0.2, -0.15) is 0 Å². The van der Waals surface area contributed by atoms with Crippen LogP contribution >= 0.6 is 11.6 Å². The Morgan fingerprint density at radius 1 is 1.08 bits per heavy atom. The van der Waals surface area contributed by atoms with Gasteiger partial charge in [0.1, 0.15) is 11.3 Å². The predicted molar refractivity (Wildman–Crippen MR) is 93.9 cm³/mol. The van der Waals surface area contributed by atoms with Crippen LogP contribution in [0.3, 0.4) is 0 Å². The monoisotopic (exact) mass is 362 g/mol. The van der Waals surface area contributed by atoms with E-state index < -0.39 is 0 Å². The van der Waals surface area contributed by atoms with Gasteiger partial charge in [0.05, 0.1) is 5.69 Å². The maximum absolute atomic E-state index is 12.6. The zero-order chi connectivity index (χ0) is 18.0. The number of nitrogens with one attached hydrogen (secondary N) is 1. The number of aromatic nitrogens is 1. The summed E-state index contributed by atoms with van der Waals surface area (Å²) in [5.74, 6) is 0.416. The van der Waals surface area contributed by atoms with Crippen molar-refractivity contribution in [1.82, 2.24) is 15.0 Å². The lowest BCUT2D eigenvalue weighted by Crippen LogP contribution is -2.51. The molecule has 2 aromatic rings. The zero-order valence-corrected chi connectivity index (χ0v) is 14.8. The third-order valence-corrected chi connectivity index (χ3v) is 4.45. The third kappa shape index (κ3) is 3.76. The van der Waals surface area contributed by atoms with E-state index in [-0.39, 0.29) is 11.9 Å². The smallest absolute Gasteiger partial charge is 0.321 e. The number of anilines is 1. The van der Waals surface area contributed by atoms with Crippen molar-refractivity contribution in [3.05, 3.63) is 46.3 Å². The number of rotatable bonds is 2. The van der Waals surface area contributed by atoms with E-state index in [0.29, 0.717) is 53.9 Å². The molecule has 0 spiro atoms. The summed E-state index contributed by atoms with van der Waals surface area (Å²) in [5.41, 5.74) is 1.79. The molecule has 132 valence electrons. The minimum atomic E-state index is -0.188. The van der Waals surface area contributed by atoms with Crippen molar-refractivity contribution in [2.45, 2.75) is 13.8 Å². The van der Waals surface area contributed by atoms with E-state index in [2.05, 4.69) is 10.5 Å². The van der Waals surface area contributed by atoms with Gasteiger partial charge in [-0.05, 0) is 38.1 Å². The molecule has 7 nitrogen and oxygen atoms in total. The first-order valence-corrected chi connectivity index (χ1v) is 8.37. The number of piperazine rings is 1. The number of carbonyl (C=O) groups is 2. The number of halogens is 1. The molecule has 1 aromatic carbocycles. The van der Waals surface area contributed by atoms with Crippen LogP contribution in [-0.4, -0.2) is 53.1 Å². The van der Waals surface area contributed by atoms with Crippen LogP contribution in [0.15, 0.2) is 28.8 Å². The van der Waals surface area contributed by atoms with Crippen LogP contribution in [0, 0.1) is 13.8 Å². The van der Waals surface area contributed by atoms with Gasteiger partial charge in [-0.3, -0.25) is 4.79 Å². The molecule has 3 rings (SSSR count). The largest absolute Gasteiger partial charge is 0.361 e. The molecule has 0 bridgehead atoms. The molecule has 25 heavy (non-hydrogen) atoms. The second kappa shape index (κ2) is 7.14. The van der Waals surface area contributed by atoms with E-state index in [1.807, 2.05) is 0 Å². The van der Waals surface area contributed by atoms with Crippen LogP contribution < -0.4 is 5.32 Å². The van der Waals surface area contributed by atoms with E-state index >= 15 is 0 Å². The Hall–Kier alpha value is -2.54. The van der Waals surface area contributed by atoms with Gasteiger partial charge in [-0.1, -0.05) is 16.8 Å². The minimum Gasteiger partial charge on any atom is -0.361 e. The Morgan fingerprint density at radius 2 is 1.68 bits per heavy atom. The van der Waals surface area contributed by atoms with E-state index in [9.17, 15) is 9.59 Å². The second-order valence-electron chi connectivity index (χ2n) is 5.92. The predicted octanol–water partition coefficient (Wildman–Crippen LogP) is 2.93. The Labute approximate surface area is 150 Å². The van der Waals surface area contributed by atoms with Crippen molar-refractivity contribution in [1.29, 1.82) is 0 Å². The molecule has 2 heterocycles. The molecule has 0 unspecified atom stereocenters. The maximum atomic E-state index is 12.6. The number of aryl methyl sites for hydroxylation is 2. The number of hydrogen-bond acceptors (Lipinski definition) is 4. The first-order valence-electron chi connectivity index (χ1n) is 7.99. The van der Waals surface area contributed by atoms with Gasteiger partial charge in [0.2, 0.25) is 0 Å². The Balaban J connectivity index is 1.57. The van der Waals surface area contributed by atoms with Crippen molar-refractivity contribution in [2.24, 2.45) is 0 Å². The van der Waals surface area contributed by atoms with E-state index in [0.717, 1.165) is 0 Å². The number of amides is 3. The maximum Gasteiger partial charge on any atom is 0.321 e. The first kappa shape index (κ1) is 17.3. The molecule has 1 aliphatic heterocycles. The molecular weight excluding hydrogens is 344 g/mol. The SMILES string of the molecule is Cc1noc(C)c1C(=O)N1CCN(C(=O)Nc2ccc(Cl)cc2)CC1. The van der Waals surface area contributed by atoms with Gasteiger partial charge in [-0.15, -0.1) is 0 Å². The van der Waals surface area contributed by atoms with Gasteiger partial charge < -0.3 is 19.6 Å². The Kier molecular flexibility index (Phi) is 4.94. The number of hydrogen-bond donors (Lipinski definition) is 1. The summed E-state index contributed by atoms with van der Waals surface area (Å²) in [4.78, 5) is 28.3. The van der Waals surface area contributed by atoms with Crippen LogP contribution in [0.5, 0.6) is 0 Å². The quantitative estimate of drug-likeness (QED) is 0.890. The van der Waals surface area contributed by atoms with Gasteiger partial charge in [0.25, 0.3) is 5.91 Å². The fraction of sp³-hybridized carbons (Fsp3) is 0.353. The summed E-state index contributed by atoms with van der Waals surface area (Å²) in [5, 5.41) is 7.27. The average molecular weight is 363 g/mol. The summed E-state index contributed by atoms with van der Waals surface area (Å²) in [7, 11) is 0. The first-order chi connectivity index (χ1) is 12.0. The normalized spacial score (nSPS) is 14.5. The fourth-order valence-corrected chi connectivity index (χ4v) is 2.92. The lowest BCUT2D eigenvalue weighted by molar-refractivity contribution is 0.0669. The standard InChI is InChI=1S/C17H19ClN4O3/c1-11-15(12(2)25-20-11)16(23)21-7-9-22(10-8-21)17(24)19-14-5-3-13(18)4-6-14/h3-6H,7-10H2,1-2H3,(H,19,24). The van der Waals surface area contributed by atoms with E-state index in [4.69, 9.17) is 16.1 Å². The summed E-state index contributed by atoms with van der Waals surface area (Å²) in [6.45, 7) is 5.35. The molecule has 1 saturated heterocycles. The lowest BCUT2D eigenvalue weighted by Gasteiger charge is -2.34. The summed E-state index contributed by atoms with van der Waals surface area (Å²) < 4.78 is 5.06. The van der Waals surface area contributed by atoms with Crippen LogP contribution in [0.2, 0.25) is 5.02 Å². The summed E-state index contributed by atoms with van der Waals surface area (Å²) in [6.07, 6.45) is 0. The number of carbonyl (C=O) groups excluding carboxylic acids is 2. The van der Waals surface area contributed by atoms with Gasteiger partial charge in [0, 0.05) is 36.9 Å². The number of nitrogens with zero attached hydrogens (tertiary/aromatic N) is 3. The molecule has 8 heteroatoms. The molecule has 1 aromatic heterocycles. The summed E-state index contributed by atoms with van der Waals surface area (Å²) >= 11 is 5.84. The molecule has 1 aliphatic rings. The van der Waals surface area contributed by atoms with Crippen molar-refractivity contribution >= 4 is 29.2 Å². The third-order valence-electron chi connectivity index (χ3n) is 4.20. The summed E-state index contributed by atoms with van der Waals surface area (Å²) in [6, 6.07) is 6.75. The Bertz CT molecular complexity index is 760. The van der Waals surface area contributed by atoms with E-state index in [1.54, 1.807) is 47.9 Å². The molecular formula is C17H19ClN4O3. The molecule has 0 atom stereocenters. The Morgan fingerprint density at radius 3 is 2.24 bits per heavy atom. The molecule has 1 N–H and O–H groups in total. The van der Waals surface area contributed by atoms with Gasteiger partial charge in [0.15, 0.2) is 0 Å². The van der Waals surface area contributed by atoms with Crippen LogP contribution in [-0.2, 0) is 0 Å². The fourth-order valence-electron chi connectivity index (χ4n) is 2.79. The van der Waals surface area contributed by atoms with E-state index in [1.165, 1.54) is 0 Å². The zero-order valence-electron chi connectivity index (χ0n) is 14.1. The molecule has 1 fully saturated rings. The van der Waals surface area contributed by atoms with Crippen LogP contribution in [0.25, 0.3) is 0 Å². The lowest BCUT2D eigenvalue weighted by atomic mass is 10.1. The number of urea groups is 1. The second-order valence-corrected chi connectivity index (χ2v) is 6.35. The van der Waals surface area contributed by atoms with Crippen molar-refractivity contribution in [2.75, 3.05) is 31.5 Å². The van der Waals surface area contributed by atoms with Crippen molar-refractivity contribution < 1.29 is 14.1 Å². The highest BCUT2D eigenvalue weighted by atomic mass is 35.5. The van der Waals surface area contributed by atoms with Gasteiger partial charge >= 0.3 is 6.03 Å². The molecule has 0 aliphatic carbocycles. The topological polar surface area (TPSA) is 78.7 Å². The number of benzene rings is 1. The van der Waals surface area contributed by atoms with Crippen molar-refractivity contribution in [3.63, 3.8) is 0 Å². The molecule has 0 saturated carbocycles. The van der Waals surface area contributed by atoms with Crippen molar-refractivity contribution in [3.8, 4) is 0 Å². The highest BCUT2D eigenvalue weighted by molar-refractivity contribution is 6.30. The average Bonchev–Trinajstić information content (AvgIpc) is 2.95. The highest BCUT2D eigenvalue weighted by Crippen LogP contribution is 2.17. The van der Waals surface area contributed by atoms with Crippen LogP contribution in [0.1, 0.15) is 21.8 Å². The molecule has 3 amide bonds. The van der Waals surface area contributed by atoms with Gasteiger partial charge in [-0.25, -0.2) is 4.79 Å². The minimum absolute atomic E-state index is 0.103. The molecule has 0 radical (unpaired) electrons. The van der Waals surface area contributed by atoms with Crippen LogP contribution in [0.4, 0.5) is 10.5 Å².